The zero-order chi connectivity index (χ0) is 14.9. The van der Waals surface area contributed by atoms with Gasteiger partial charge < -0.3 is 4.90 Å². The lowest BCUT2D eigenvalue weighted by molar-refractivity contribution is 0.358. The summed E-state index contributed by atoms with van der Waals surface area (Å²) in [6.45, 7) is 8.44. The normalized spacial score (nSPS) is 17.2. The Kier molecular flexibility index (Phi) is 3.61. The summed E-state index contributed by atoms with van der Waals surface area (Å²) in [4.78, 5) is 11.4. The molecule has 1 saturated heterocycles. The Balaban J connectivity index is 1.70. The van der Waals surface area contributed by atoms with Crippen molar-refractivity contribution in [2.24, 2.45) is 0 Å². The van der Waals surface area contributed by atoms with Gasteiger partial charge in [-0.25, -0.2) is 14.6 Å². The topological polar surface area (TPSA) is 59.7 Å². The fraction of sp³-hybridized carbons (Fsp3) is 0.600. The number of hydrogen-bond acceptors (Lipinski definition) is 5. The van der Waals surface area contributed by atoms with Gasteiger partial charge in [-0.05, 0) is 18.9 Å². The molecular formula is C15H22N6. The maximum Gasteiger partial charge on any atom is 0.225 e. The molecule has 21 heavy (non-hydrogen) atoms. The third-order valence-electron chi connectivity index (χ3n) is 3.97. The van der Waals surface area contributed by atoms with Gasteiger partial charge in [0.15, 0.2) is 0 Å². The Labute approximate surface area is 125 Å². The van der Waals surface area contributed by atoms with E-state index >= 15 is 0 Å². The molecule has 112 valence electrons. The minimum absolute atomic E-state index is 0.0523. The third kappa shape index (κ3) is 3.04. The highest BCUT2D eigenvalue weighted by Crippen LogP contribution is 2.25. The molecule has 1 fully saturated rings. The van der Waals surface area contributed by atoms with E-state index < -0.39 is 0 Å². The van der Waals surface area contributed by atoms with E-state index in [1.807, 2.05) is 23.1 Å². The van der Waals surface area contributed by atoms with Crippen LogP contribution in [0.4, 0.5) is 5.95 Å². The molecule has 0 atom stereocenters. The summed E-state index contributed by atoms with van der Waals surface area (Å²) in [7, 11) is 0. The maximum absolute atomic E-state index is 4.74. The molecule has 1 aliphatic rings. The summed E-state index contributed by atoms with van der Waals surface area (Å²) < 4.78 is 1.96. The van der Waals surface area contributed by atoms with E-state index in [2.05, 4.69) is 41.0 Å². The monoisotopic (exact) mass is 286 g/mol. The first-order chi connectivity index (χ1) is 10.0. The van der Waals surface area contributed by atoms with Crippen LogP contribution in [-0.4, -0.2) is 38.1 Å². The van der Waals surface area contributed by atoms with E-state index in [9.17, 15) is 0 Å². The number of hydrogen-bond donors (Lipinski definition) is 0. The first-order valence-corrected chi connectivity index (χ1v) is 7.48. The van der Waals surface area contributed by atoms with E-state index in [4.69, 9.17) is 4.98 Å². The van der Waals surface area contributed by atoms with Gasteiger partial charge in [-0.2, -0.15) is 0 Å². The minimum atomic E-state index is 0.0523. The van der Waals surface area contributed by atoms with Gasteiger partial charge in [0.1, 0.15) is 0 Å². The van der Waals surface area contributed by atoms with Gasteiger partial charge in [0.05, 0.1) is 17.9 Å². The van der Waals surface area contributed by atoms with E-state index in [0.29, 0.717) is 6.04 Å². The second kappa shape index (κ2) is 5.42. The summed E-state index contributed by atoms with van der Waals surface area (Å²) in [5.41, 5.74) is 1.14. The summed E-state index contributed by atoms with van der Waals surface area (Å²) >= 11 is 0. The van der Waals surface area contributed by atoms with E-state index in [-0.39, 0.29) is 5.41 Å². The molecule has 0 bridgehead atoms. The molecule has 2 aromatic rings. The van der Waals surface area contributed by atoms with Crippen LogP contribution in [0.2, 0.25) is 0 Å². The molecule has 0 spiro atoms. The van der Waals surface area contributed by atoms with Gasteiger partial charge in [-0.1, -0.05) is 26.0 Å². The lowest BCUT2D eigenvalue weighted by atomic mass is 9.92. The molecule has 0 unspecified atom stereocenters. The average Bonchev–Trinajstić information content (AvgIpc) is 3.01. The molecule has 0 saturated carbocycles. The highest BCUT2D eigenvalue weighted by Gasteiger charge is 2.24. The van der Waals surface area contributed by atoms with Gasteiger partial charge >= 0.3 is 0 Å². The van der Waals surface area contributed by atoms with E-state index in [1.54, 1.807) is 6.20 Å². The van der Waals surface area contributed by atoms with Crippen LogP contribution in [0.5, 0.6) is 0 Å². The molecule has 0 amide bonds. The van der Waals surface area contributed by atoms with Crippen LogP contribution in [-0.2, 0) is 5.41 Å². The maximum atomic E-state index is 4.74. The Morgan fingerprint density at radius 1 is 1.14 bits per heavy atom. The van der Waals surface area contributed by atoms with Crippen molar-refractivity contribution in [2.45, 2.75) is 45.1 Å². The first kappa shape index (κ1) is 14.0. The van der Waals surface area contributed by atoms with Crippen molar-refractivity contribution in [3.8, 4) is 0 Å². The van der Waals surface area contributed by atoms with Crippen LogP contribution >= 0.6 is 0 Å². The summed E-state index contributed by atoms with van der Waals surface area (Å²) in [6.07, 6.45) is 7.64. The first-order valence-electron chi connectivity index (χ1n) is 7.48. The molecular weight excluding hydrogens is 264 g/mol. The van der Waals surface area contributed by atoms with Gasteiger partial charge in [0.25, 0.3) is 0 Å². The molecule has 2 aromatic heterocycles. The van der Waals surface area contributed by atoms with Crippen molar-refractivity contribution in [3.63, 3.8) is 0 Å². The van der Waals surface area contributed by atoms with Crippen LogP contribution in [0.3, 0.4) is 0 Å². The zero-order valence-electron chi connectivity index (χ0n) is 12.9. The van der Waals surface area contributed by atoms with Gasteiger partial charge in [-0.15, -0.1) is 5.10 Å². The van der Waals surface area contributed by atoms with E-state index in [0.717, 1.165) is 37.6 Å². The Hall–Kier alpha value is -1.98. The molecule has 6 heteroatoms. The van der Waals surface area contributed by atoms with E-state index in [1.165, 1.54) is 0 Å². The van der Waals surface area contributed by atoms with Crippen LogP contribution in [0.15, 0.2) is 24.7 Å². The number of aromatic nitrogens is 5. The van der Waals surface area contributed by atoms with Crippen LogP contribution in [0, 0.1) is 0 Å². The van der Waals surface area contributed by atoms with Crippen molar-refractivity contribution in [1.29, 1.82) is 0 Å². The molecule has 0 radical (unpaired) electrons. The molecule has 3 rings (SSSR count). The highest BCUT2D eigenvalue weighted by atomic mass is 15.4. The Morgan fingerprint density at radius 3 is 2.52 bits per heavy atom. The van der Waals surface area contributed by atoms with Gasteiger partial charge in [0, 0.05) is 30.9 Å². The van der Waals surface area contributed by atoms with Crippen molar-refractivity contribution < 1.29 is 0 Å². The minimum Gasteiger partial charge on any atom is -0.341 e. The molecule has 1 aliphatic heterocycles. The van der Waals surface area contributed by atoms with Crippen LogP contribution in [0.1, 0.15) is 45.3 Å². The molecule has 0 aromatic carbocycles. The summed E-state index contributed by atoms with van der Waals surface area (Å²) in [5, 5.41) is 7.99. The number of anilines is 1. The van der Waals surface area contributed by atoms with Gasteiger partial charge in [-0.3, -0.25) is 0 Å². The Morgan fingerprint density at radius 2 is 1.90 bits per heavy atom. The fourth-order valence-electron chi connectivity index (χ4n) is 2.66. The summed E-state index contributed by atoms with van der Waals surface area (Å²) in [5.74, 6) is 0.847. The van der Waals surface area contributed by atoms with Crippen molar-refractivity contribution in [3.05, 3.63) is 30.4 Å². The van der Waals surface area contributed by atoms with Crippen LogP contribution in [0.25, 0.3) is 0 Å². The van der Waals surface area contributed by atoms with Crippen LogP contribution < -0.4 is 4.90 Å². The van der Waals surface area contributed by atoms with Gasteiger partial charge in [0.2, 0.25) is 5.95 Å². The lowest BCUT2D eigenvalue weighted by Crippen LogP contribution is -2.36. The average molecular weight is 286 g/mol. The second-order valence-corrected chi connectivity index (χ2v) is 6.59. The standard InChI is InChI=1S/C15H22N6/c1-15(2,3)13-4-7-16-14(18-13)20-9-5-12(6-10-20)21-11-8-17-19-21/h4,7-8,11-12H,5-6,9-10H2,1-3H3. The molecule has 3 heterocycles. The summed E-state index contributed by atoms with van der Waals surface area (Å²) in [6, 6.07) is 2.45. The second-order valence-electron chi connectivity index (χ2n) is 6.59. The molecule has 0 N–H and O–H groups in total. The lowest BCUT2D eigenvalue weighted by Gasteiger charge is -2.32. The largest absolute Gasteiger partial charge is 0.341 e. The number of piperidine rings is 1. The predicted molar refractivity (Wildman–Crippen MR) is 81.2 cm³/mol. The zero-order valence-corrected chi connectivity index (χ0v) is 12.9. The van der Waals surface area contributed by atoms with Crippen molar-refractivity contribution >= 4 is 5.95 Å². The SMILES string of the molecule is CC(C)(C)c1ccnc(N2CCC(n3ccnn3)CC2)n1. The Bertz CT molecular complexity index is 578. The highest BCUT2D eigenvalue weighted by molar-refractivity contribution is 5.32. The number of nitrogens with zero attached hydrogens (tertiary/aromatic N) is 6. The molecule has 6 nitrogen and oxygen atoms in total. The predicted octanol–water partition coefficient (Wildman–Crippen LogP) is 2.21. The quantitative estimate of drug-likeness (QED) is 0.847. The number of rotatable bonds is 2. The van der Waals surface area contributed by atoms with Crippen molar-refractivity contribution in [2.75, 3.05) is 18.0 Å². The van der Waals surface area contributed by atoms with Crippen molar-refractivity contribution in [1.82, 2.24) is 25.0 Å². The molecule has 0 aliphatic carbocycles. The smallest absolute Gasteiger partial charge is 0.225 e. The fourth-order valence-corrected chi connectivity index (χ4v) is 2.66. The third-order valence-corrected chi connectivity index (χ3v) is 3.97.